The number of nitrogens with zero attached hydrogens (tertiary/aromatic N) is 4. The number of esters is 1. The van der Waals surface area contributed by atoms with E-state index in [9.17, 15) is 38.7 Å². The highest BCUT2D eigenvalue weighted by molar-refractivity contribution is 6.76. The van der Waals surface area contributed by atoms with E-state index >= 15 is 0 Å². The molecule has 2 aromatic heterocycles. The molecule has 21 heteroatoms. The molecule has 0 spiro atoms. The molecular weight excluding hydrogens is 919 g/mol. The number of rotatable bonds is 19. The predicted molar refractivity (Wildman–Crippen MR) is 264 cm³/mol. The van der Waals surface area contributed by atoms with Crippen LogP contribution in [0.5, 0.6) is 5.75 Å². The maximum atomic E-state index is 13.9. The highest BCUT2D eigenvalue weighted by Crippen LogP contribution is 2.41. The molecule has 6 amide bonds. The quantitative estimate of drug-likeness (QED) is 0.0378. The van der Waals surface area contributed by atoms with Gasteiger partial charge in [0.2, 0.25) is 11.8 Å². The van der Waals surface area contributed by atoms with Gasteiger partial charge in [-0.25, -0.2) is 24.2 Å². The van der Waals surface area contributed by atoms with Gasteiger partial charge < -0.3 is 61.1 Å². The Morgan fingerprint density at radius 2 is 1.66 bits per heavy atom. The fourth-order valence-corrected chi connectivity index (χ4v) is 9.18. The first-order chi connectivity index (χ1) is 33.0. The van der Waals surface area contributed by atoms with Gasteiger partial charge in [0.1, 0.15) is 25.0 Å². The number of aliphatic hydroxyl groups is 1. The molecular formula is C49H65N9O11Si. The summed E-state index contributed by atoms with van der Waals surface area (Å²) in [4.78, 5) is 97.6. The number of nitrogens with two attached hydrogens (primary N) is 2. The number of aryl methyl sites for hydroxylation is 1. The van der Waals surface area contributed by atoms with Crippen molar-refractivity contribution in [3.8, 4) is 17.1 Å². The predicted octanol–water partition coefficient (Wildman–Crippen LogP) is 4.51. The fraction of sp³-hybridized carbons (Fsp3) is 0.469. The summed E-state index contributed by atoms with van der Waals surface area (Å²) >= 11 is 0. The fourth-order valence-electron chi connectivity index (χ4n) is 8.18. The average Bonchev–Trinajstić information content (AvgIpc) is 3.68. The SMILES string of the molecule is CC[C@@]1(O)C(=O)OCc2c1cc1n(c2=O)Cc2c-1nc1ccc(OC(=O)N(C)CCN(C)C(=O)OCc3ccc(NC(=O)[C@H](CCCNC(N)=O)NC(=O)[C@@H](N)C(C)C)cc3)cc1c2CC[Si](C)(C)C. The van der Waals surface area contributed by atoms with Gasteiger partial charge in [-0.15, -0.1) is 0 Å². The van der Waals surface area contributed by atoms with E-state index < -0.39 is 61.8 Å². The summed E-state index contributed by atoms with van der Waals surface area (Å²) in [6.07, 6.45) is 0.0364. The minimum absolute atomic E-state index is 0.0374. The van der Waals surface area contributed by atoms with Crippen LogP contribution in [0.1, 0.15) is 67.9 Å². The van der Waals surface area contributed by atoms with Crippen LogP contribution in [0, 0.1) is 5.92 Å². The van der Waals surface area contributed by atoms with Crippen molar-refractivity contribution in [1.82, 2.24) is 30.0 Å². The first-order valence-electron chi connectivity index (χ1n) is 23.4. The normalized spacial score (nSPS) is 15.7. The molecule has 2 aromatic carbocycles. The average molecular weight is 984 g/mol. The summed E-state index contributed by atoms with van der Waals surface area (Å²) in [6, 6.07) is 12.0. The molecule has 70 heavy (non-hydrogen) atoms. The second-order valence-electron chi connectivity index (χ2n) is 19.5. The Labute approximate surface area is 407 Å². The molecule has 3 atom stereocenters. The number of pyridine rings is 2. The van der Waals surface area contributed by atoms with Gasteiger partial charge in [0, 0.05) is 64.0 Å². The maximum Gasteiger partial charge on any atom is 0.415 e. The molecule has 20 nitrogen and oxygen atoms in total. The Morgan fingerprint density at radius 1 is 0.971 bits per heavy atom. The van der Waals surface area contributed by atoms with Crippen LogP contribution in [-0.4, -0.2) is 114 Å². The molecule has 6 rings (SSSR count). The van der Waals surface area contributed by atoms with Crippen molar-refractivity contribution in [2.24, 2.45) is 17.4 Å². The smallest absolute Gasteiger partial charge is 0.415 e. The number of urea groups is 1. The van der Waals surface area contributed by atoms with Gasteiger partial charge in [0.25, 0.3) is 5.56 Å². The van der Waals surface area contributed by atoms with Crippen molar-refractivity contribution in [3.63, 3.8) is 0 Å². The highest BCUT2D eigenvalue weighted by Gasteiger charge is 2.45. The van der Waals surface area contributed by atoms with Gasteiger partial charge >= 0.3 is 24.2 Å². The number of cyclic esters (lactones) is 1. The van der Waals surface area contributed by atoms with Gasteiger partial charge in [-0.2, -0.15) is 0 Å². The summed E-state index contributed by atoms with van der Waals surface area (Å²) in [6.45, 7) is 12.5. The number of anilines is 1. The summed E-state index contributed by atoms with van der Waals surface area (Å²) in [5.41, 5.74) is 14.0. The molecule has 0 aliphatic carbocycles. The topological polar surface area (TPSA) is 280 Å². The van der Waals surface area contributed by atoms with Crippen molar-refractivity contribution in [1.29, 1.82) is 0 Å². The molecule has 2 aliphatic heterocycles. The zero-order valence-corrected chi connectivity index (χ0v) is 42.1. The lowest BCUT2D eigenvalue weighted by atomic mass is 9.86. The van der Waals surface area contributed by atoms with Gasteiger partial charge in [0.05, 0.1) is 35.1 Å². The number of primary amides is 1. The standard InChI is InChI=1S/C49H65N9O11Si/c1-9-49(66)36-24-39-41-34(25-58(39)44(61)35(36)27-67-45(49)62)32(18-22-70(6,7)8)33-23-31(16-17-37(33)54-41)69-48(65)57(5)21-20-56(4)47(64)68-26-29-12-14-30(15-13-29)53-42(59)38(11-10-19-52-46(51)63)55-43(60)40(50)28(2)3/h12-17,23-24,28,38,40,66H,9-11,18-22,25-27,50H2,1-8H3,(H,53,59)(H,55,60)(H3,51,52,63)/t38-,40-,49-/m0/s1. The Hall–Kier alpha value is -6.84. The van der Waals surface area contributed by atoms with Crippen LogP contribution < -0.4 is 37.7 Å². The second-order valence-corrected chi connectivity index (χ2v) is 25.1. The number of hydrogen-bond acceptors (Lipinski definition) is 13. The third kappa shape index (κ3) is 12.1. The Bertz CT molecular complexity index is 2720. The van der Waals surface area contributed by atoms with Crippen LogP contribution in [0.15, 0.2) is 53.3 Å². The molecule has 0 fully saturated rings. The van der Waals surface area contributed by atoms with Crippen molar-refractivity contribution >= 4 is 60.7 Å². The van der Waals surface area contributed by atoms with Crippen LogP contribution in [0.2, 0.25) is 25.7 Å². The van der Waals surface area contributed by atoms with Gasteiger partial charge in [-0.1, -0.05) is 58.6 Å². The number of nitrogens with one attached hydrogen (secondary N) is 3. The van der Waals surface area contributed by atoms with Gasteiger partial charge in [0.15, 0.2) is 5.60 Å². The lowest BCUT2D eigenvalue weighted by Gasteiger charge is -2.31. The molecule has 0 saturated carbocycles. The molecule has 8 N–H and O–H groups in total. The van der Waals surface area contributed by atoms with Crippen molar-refractivity contribution < 1.29 is 48.1 Å². The monoisotopic (exact) mass is 983 g/mol. The minimum atomic E-state index is -1.94. The maximum absolute atomic E-state index is 13.9. The molecule has 4 heterocycles. The number of amides is 6. The van der Waals surface area contributed by atoms with E-state index in [1.54, 1.807) is 88.0 Å². The number of benzene rings is 2. The lowest BCUT2D eigenvalue weighted by molar-refractivity contribution is -0.172. The van der Waals surface area contributed by atoms with Crippen LogP contribution >= 0.6 is 0 Å². The van der Waals surface area contributed by atoms with Crippen molar-refractivity contribution in [2.45, 2.75) is 110 Å². The number of carbonyl (C=O) groups is 6. The molecule has 376 valence electrons. The van der Waals surface area contributed by atoms with Crippen LogP contribution in [0.25, 0.3) is 22.3 Å². The number of ether oxygens (including phenoxy) is 3. The van der Waals surface area contributed by atoms with E-state index in [-0.39, 0.29) is 80.6 Å². The van der Waals surface area contributed by atoms with E-state index in [2.05, 4.69) is 35.6 Å². The lowest BCUT2D eigenvalue weighted by Crippen LogP contribution is -2.51. The number of aromatic nitrogens is 2. The Kier molecular flexibility index (Phi) is 16.4. The van der Waals surface area contributed by atoms with Crippen LogP contribution in [0.4, 0.5) is 20.1 Å². The first kappa shape index (κ1) is 52.5. The summed E-state index contributed by atoms with van der Waals surface area (Å²) in [5, 5.41) is 20.1. The van der Waals surface area contributed by atoms with Crippen molar-refractivity contribution in [2.75, 3.05) is 39.0 Å². The summed E-state index contributed by atoms with van der Waals surface area (Å²) in [5.74, 6) is -1.60. The summed E-state index contributed by atoms with van der Waals surface area (Å²) < 4.78 is 18.2. The van der Waals surface area contributed by atoms with Crippen LogP contribution in [-0.2, 0) is 55.6 Å². The molecule has 0 bridgehead atoms. The zero-order chi connectivity index (χ0) is 51.2. The van der Waals surface area contributed by atoms with Gasteiger partial charge in [-0.05, 0) is 79.1 Å². The third-order valence-electron chi connectivity index (χ3n) is 12.7. The van der Waals surface area contributed by atoms with E-state index in [1.807, 2.05) is 0 Å². The van der Waals surface area contributed by atoms with Crippen LogP contribution in [0.3, 0.4) is 0 Å². The summed E-state index contributed by atoms with van der Waals surface area (Å²) in [7, 11) is 1.53. The number of carbonyl (C=O) groups excluding carboxylic acids is 6. The number of hydrogen-bond donors (Lipinski definition) is 6. The highest BCUT2D eigenvalue weighted by atomic mass is 28.3. The zero-order valence-electron chi connectivity index (χ0n) is 41.1. The van der Waals surface area contributed by atoms with Gasteiger partial charge in [-0.3, -0.25) is 14.4 Å². The molecule has 0 unspecified atom stereocenters. The number of fused-ring (bicyclic) bond motifs is 5. The number of likely N-dealkylation sites (N-methyl/N-ethyl adjacent to an activating group) is 2. The molecule has 0 saturated heterocycles. The van der Waals surface area contributed by atoms with E-state index in [1.165, 1.54) is 9.80 Å². The van der Waals surface area contributed by atoms with E-state index in [4.69, 9.17) is 30.7 Å². The first-order valence-corrected chi connectivity index (χ1v) is 27.1. The second kappa shape index (κ2) is 21.8. The molecule has 0 radical (unpaired) electrons. The Morgan fingerprint density at radius 3 is 2.30 bits per heavy atom. The molecule has 2 aliphatic rings. The van der Waals surface area contributed by atoms with E-state index in [0.717, 1.165) is 22.6 Å². The largest absolute Gasteiger partial charge is 0.458 e. The Balaban J connectivity index is 1.05. The third-order valence-corrected chi connectivity index (χ3v) is 14.5. The van der Waals surface area contributed by atoms with Crippen molar-refractivity contribution in [3.05, 3.63) is 86.7 Å². The minimum Gasteiger partial charge on any atom is -0.458 e. The molecule has 4 aromatic rings. The van der Waals surface area contributed by atoms with E-state index in [0.29, 0.717) is 41.0 Å².